The van der Waals surface area contributed by atoms with E-state index in [4.69, 9.17) is 10.5 Å². The van der Waals surface area contributed by atoms with Crippen LogP contribution in [0.15, 0.2) is 54.6 Å². The second kappa shape index (κ2) is 7.04. The Labute approximate surface area is 153 Å². The zero-order valence-corrected chi connectivity index (χ0v) is 15.2. The largest absolute Gasteiger partial charge is 0.490 e. The van der Waals surface area contributed by atoms with Crippen molar-refractivity contribution in [2.45, 2.75) is 26.3 Å². The molecule has 0 atom stereocenters. The lowest BCUT2D eigenvalue weighted by Crippen LogP contribution is -2.47. The fourth-order valence-electron chi connectivity index (χ4n) is 2.81. The minimum absolute atomic E-state index is 0.131. The van der Waals surface area contributed by atoms with Crippen molar-refractivity contribution in [1.29, 1.82) is 0 Å². The Bertz CT molecular complexity index is 937. The molecular weight excluding hydrogens is 326 g/mol. The normalized spacial score (nSPS) is 11.3. The van der Waals surface area contributed by atoms with Gasteiger partial charge in [0.05, 0.1) is 16.4 Å². The summed E-state index contributed by atoms with van der Waals surface area (Å²) in [6, 6.07) is 16.6. The summed E-state index contributed by atoms with van der Waals surface area (Å²) in [7, 11) is 0. The van der Waals surface area contributed by atoms with E-state index in [0.717, 1.165) is 16.6 Å². The highest BCUT2D eigenvalue weighted by Crippen LogP contribution is 2.30. The molecule has 0 saturated heterocycles. The summed E-state index contributed by atoms with van der Waals surface area (Å²) < 4.78 is 6.01. The van der Waals surface area contributed by atoms with Crippen LogP contribution in [-0.2, 0) is 0 Å². The van der Waals surface area contributed by atoms with E-state index in [-0.39, 0.29) is 5.91 Å². The van der Waals surface area contributed by atoms with Crippen LogP contribution in [0.25, 0.3) is 10.9 Å². The van der Waals surface area contributed by atoms with Gasteiger partial charge in [0.1, 0.15) is 12.4 Å². The maximum Gasteiger partial charge on any atom is 0.251 e. The number of nitrogens with zero attached hydrogens (tertiary/aromatic N) is 1. The molecule has 0 unspecified atom stereocenters. The van der Waals surface area contributed by atoms with Gasteiger partial charge in [-0.25, -0.2) is 0 Å². The van der Waals surface area contributed by atoms with E-state index < -0.39 is 5.54 Å². The van der Waals surface area contributed by atoms with E-state index in [2.05, 4.69) is 10.3 Å². The van der Waals surface area contributed by atoms with Crippen LogP contribution in [0, 0.1) is 6.92 Å². The van der Waals surface area contributed by atoms with Crippen LogP contribution < -0.4 is 15.8 Å². The molecular formula is C21H23N3O2. The van der Waals surface area contributed by atoms with Gasteiger partial charge in [0.2, 0.25) is 0 Å². The first-order valence-corrected chi connectivity index (χ1v) is 8.52. The zero-order chi connectivity index (χ0) is 18.7. The first-order valence-electron chi connectivity index (χ1n) is 8.52. The van der Waals surface area contributed by atoms with Gasteiger partial charge >= 0.3 is 0 Å². The lowest BCUT2D eigenvalue weighted by atomic mass is 10.1. The number of anilines is 1. The summed E-state index contributed by atoms with van der Waals surface area (Å²) in [4.78, 5) is 16.9. The van der Waals surface area contributed by atoms with Crippen molar-refractivity contribution in [3.05, 3.63) is 65.9 Å². The van der Waals surface area contributed by atoms with Crippen LogP contribution >= 0.6 is 0 Å². The van der Waals surface area contributed by atoms with Crippen LogP contribution in [0.1, 0.15) is 29.9 Å². The maximum atomic E-state index is 12.4. The van der Waals surface area contributed by atoms with Crippen LogP contribution in [-0.4, -0.2) is 23.0 Å². The molecule has 26 heavy (non-hydrogen) atoms. The Morgan fingerprint density at radius 2 is 1.88 bits per heavy atom. The van der Waals surface area contributed by atoms with Crippen molar-refractivity contribution in [1.82, 2.24) is 10.3 Å². The maximum absolute atomic E-state index is 12.4. The second-order valence-corrected chi connectivity index (χ2v) is 7.00. The summed E-state index contributed by atoms with van der Waals surface area (Å²) >= 11 is 0. The highest BCUT2D eigenvalue weighted by Gasteiger charge is 2.23. The third-order valence-corrected chi connectivity index (χ3v) is 4.03. The molecule has 0 fully saturated rings. The predicted octanol–water partition coefficient (Wildman–Crippen LogP) is 3.71. The van der Waals surface area contributed by atoms with Crippen LogP contribution in [0.3, 0.4) is 0 Å². The van der Waals surface area contributed by atoms with Gasteiger partial charge in [-0.3, -0.25) is 9.78 Å². The Balaban J connectivity index is 1.76. The third kappa shape index (κ3) is 3.94. The Hall–Kier alpha value is -3.08. The van der Waals surface area contributed by atoms with Crippen molar-refractivity contribution >= 4 is 22.5 Å². The summed E-state index contributed by atoms with van der Waals surface area (Å²) in [6.07, 6.45) is 0. The number of nitrogens with one attached hydrogen (secondary N) is 1. The molecule has 0 aliphatic carbocycles. The third-order valence-electron chi connectivity index (χ3n) is 4.03. The lowest BCUT2D eigenvalue weighted by molar-refractivity contribution is 0.0881. The van der Waals surface area contributed by atoms with Crippen LogP contribution in [0.2, 0.25) is 0 Å². The number of aromatic nitrogens is 1. The van der Waals surface area contributed by atoms with E-state index >= 15 is 0 Å². The van der Waals surface area contributed by atoms with Crippen molar-refractivity contribution < 1.29 is 9.53 Å². The molecule has 0 aliphatic heterocycles. The number of ether oxygens (including phenoxy) is 1. The van der Waals surface area contributed by atoms with E-state index in [0.29, 0.717) is 23.6 Å². The molecule has 5 heteroatoms. The topological polar surface area (TPSA) is 77.2 Å². The number of hydrogen-bond acceptors (Lipinski definition) is 4. The first kappa shape index (κ1) is 17.7. The van der Waals surface area contributed by atoms with Gasteiger partial charge in [-0.15, -0.1) is 0 Å². The number of pyridine rings is 1. The lowest BCUT2D eigenvalue weighted by Gasteiger charge is -2.27. The molecule has 3 aromatic rings. The molecule has 0 aliphatic rings. The van der Waals surface area contributed by atoms with Gasteiger partial charge in [-0.05, 0) is 51.1 Å². The van der Waals surface area contributed by atoms with E-state index in [1.165, 1.54) is 0 Å². The Morgan fingerprint density at radius 3 is 2.62 bits per heavy atom. The molecule has 2 aromatic carbocycles. The molecule has 0 spiro atoms. The Kier molecular flexibility index (Phi) is 4.80. The first-order chi connectivity index (χ1) is 12.4. The molecule has 0 radical (unpaired) electrons. The second-order valence-electron chi connectivity index (χ2n) is 7.00. The minimum Gasteiger partial charge on any atom is -0.490 e. The zero-order valence-electron chi connectivity index (χ0n) is 15.2. The van der Waals surface area contributed by atoms with Gasteiger partial charge in [0, 0.05) is 16.9 Å². The highest BCUT2D eigenvalue weighted by molar-refractivity contribution is 5.96. The monoisotopic (exact) mass is 349 g/mol. The highest BCUT2D eigenvalue weighted by atomic mass is 16.5. The average Bonchev–Trinajstić information content (AvgIpc) is 2.60. The minimum atomic E-state index is -0.554. The fraction of sp³-hybridized carbons (Fsp3) is 0.238. The summed E-state index contributed by atoms with van der Waals surface area (Å²) in [5.41, 5.74) is 8.53. The summed E-state index contributed by atoms with van der Waals surface area (Å²) in [5, 5.41) is 3.80. The number of carbonyl (C=O) groups is 1. The number of nitrogen functional groups attached to an aromatic ring is 1. The van der Waals surface area contributed by atoms with Crippen molar-refractivity contribution in [2.24, 2.45) is 0 Å². The van der Waals surface area contributed by atoms with E-state index in [9.17, 15) is 4.79 Å². The predicted molar refractivity (Wildman–Crippen MR) is 104 cm³/mol. The Morgan fingerprint density at radius 1 is 1.15 bits per heavy atom. The number of carbonyl (C=O) groups excluding carboxylic acids is 1. The van der Waals surface area contributed by atoms with Crippen LogP contribution in [0.4, 0.5) is 5.69 Å². The van der Waals surface area contributed by atoms with Gasteiger partial charge < -0.3 is 15.8 Å². The number of rotatable bonds is 5. The molecule has 5 nitrogen and oxygen atoms in total. The van der Waals surface area contributed by atoms with Crippen molar-refractivity contribution in [3.63, 3.8) is 0 Å². The number of nitrogens with two attached hydrogens (primary N) is 1. The van der Waals surface area contributed by atoms with E-state index in [1.54, 1.807) is 12.1 Å². The molecule has 3 N–H and O–H groups in total. The van der Waals surface area contributed by atoms with Gasteiger partial charge in [0.15, 0.2) is 0 Å². The summed E-state index contributed by atoms with van der Waals surface area (Å²) in [5.74, 6) is 0.531. The average molecular weight is 349 g/mol. The van der Waals surface area contributed by atoms with Gasteiger partial charge in [-0.1, -0.05) is 24.3 Å². The molecule has 1 aromatic heterocycles. The standard InChI is InChI=1S/C21H23N3O2/c1-14-12-16(22)19-17(23-14)10-7-11-18(19)26-13-21(2,3)24-20(25)15-8-5-4-6-9-15/h4-12H,13H2,1-3H3,(H2,22,23)(H,24,25). The van der Waals surface area contributed by atoms with Gasteiger partial charge in [0.25, 0.3) is 5.91 Å². The molecule has 0 saturated carbocycles. The number of fused-ring (bicyclic) bond motifs is 1. The van der Waals surface area contributed by atoms with E-state index in [1.807, 2.05) is 63.2 Å². The number of aryl methyl sites for hydroxylation is 1. The fourth-order valence-corrected chi connectivity index (χ4v) is 2.81. The molecule has 0 bridgehead atoms. The number of amides is 1. The van der Waals surface area contributed by atoms with Crippen molar-refractivity contribution in [2.75, 3.05) is 12.3 Å². The smallest absolute Gasteiger partial charge is 0.251 e. The number of benzene rings is 2. The number of hydrogen-bond donors (Lipinski definition) is 2. The van der Waals surface area contributed by atoms with Gasteiger partial charge in [-0.2, -0.15) is 0 Å². The SMILES string of the molecule is Cc1cc(N)c2c(OCC(C)(C)NC(=O)c3ccccc3)cccc2n1. The molecule has 1 amide bonds. The molecule has 3 rings (SSSR count). The van der Waals surface area contributed by atoms with Crippen LogP contribution in [0.5, 0.6) is 5.75 Å². The summed E-state index contributed by atoms with van der Waals surface area (Å²) in [6.45, 7) is 6.05. The van der Waals surface area contributed by atoms with Crippen molar-refractivity contribution in [3.8, 4) is 5.75 Å². The quantitative estimate of drug-likeness (QED) is 0.736. The molecule has 134 valence electrons. The molecule has 1 heterocycles.